The Bertz CT molecular complexity index is 441. The highest BCUT2D eigenvalue weighted by Gasteiger charge is 2.52. The molecule has 1 amide bonds. The number of hydrogen-bond donors (Lipinski definition) is 1. The third kappa shape index (κ3) is 5.39. The van der Waals surface area contributed by atoms with E-state index in [1.165, 1.54) is 7.11 Å². The van der Waals surface area contributed by atoms with Crippen molar-refractivity contribution in [1.82, 2.24) is 5.32 Å². The van der Waals surface area contributed by atoms with Crippen LogP contribution in [-0.4, -0.2) is 49.1 Å². The molecule has 8 heteroatoms. The van der Waals surface area contributed by atoms with E-state index in [1.54, 1.807) is 20.8 Å². The minimum Gasteiger partial charge on any atom is -0.468 e. The largest absolute Gasteiger partial charge is 0.468 e. The Morgan fingerprint density at radius 3 is 2.00 bits per heavy atom. The molecule has 0 aromatic rings. The first-order valence-electron chi connectivity index (χ1n) is 7.70. The minimum atomic E-state index is -0.912. The van der Waals surface area contributed by atoms with Gasteiger partial charge in [0.1, 0.15) is 11.6 Å². The zero-order valence-electron chi connectivity index (χ0n) is 15.3. The number of amides is 1. The number of alkyl carbamates (subject to hydrolysis) is 1. The molecule has 1 saturated heterocycles. The van der Waals surface area contributed by atoms with Crippen LogP contribution in [0.15, 0.2) is 0 Å². The summed E-state index contributed by atoms with van der Waals surface area (Å²) in [7, 11) is 0.634. The van der Waals surface area contributed by atoms with Crippen molar-refractivity contribution in [3.63, 3.8) is 0 Å². The van der Waals surface area contributed by atoms with Crippen molar-refractivity contribution < 1.29 is 28.4 Å². The lowest BCUT2D eigenvalue weighted by molar-refractivity contribution is -0.142. The van der Waals surface area contributed by atoms with Crippen LogP contribution < -0.4 is 5.32 Å². The molecule has 132 valence electrons. The van der Waals surface area contributed by atoms with Crippen molar-refractivity contribution in [2.45, 2.75) is 77.6 Å². The second kappa shape index (κ2) is 6.69. The number of esters is 1. The number of rotatable bonds is 4. The second-order valence-corrected chi connectivity index (χ2v) is 7.64. The van der Waals surface area contributed by atoms with E-state index in [-0.39, 0.29) is 6.32 Å². The second-order valence-electron chi connectivity index (χ2n) is 7.64. The van der Waals surface area contributed by atoms with Crippen LogP contribution in [0.25, 0.3) is 0 Å². The molecule has 1 aliphatic rings. The minimum absolute atomic E-state index is 0.138. The quantitative estimate of drug-likeness (QED) is 0.628. The Labute approximate surface area is 138 Å². The Hall–Kier alpha value is -1.28. The zero-order valence-corrected chi connectivity index (χ0v) is 15.3. The summed E-state index contributed by atoms with van der Waals surface area (Å²) < 4.78 is 21.6. The van der Waals surface area contributed by atoms with Gasteiger partial charge in [-0.15, -0.1) is 0 Å². The van der Waals surface area contributed by atoms with Crippen LogP contribution in [0, 0.1) is 0 Å². The van der Waals surface area contributed by atoms with Crippen LogP contribution in [0.2, 0.25) is 6.32 Å². The van der Waals surface area contributed by atoms with Crippen LogP contribution in [0.1, 0.15) is 48.5 Å². The van der Waals surface area contributed by atoms with Gasteiger partial charge in [0.05, 0.1) is 18.3 Å². The average molecular weight is 329 g/mol. The predicted molar refractivity (Wildman–Crippen MR) is 86.1 cm³/mol. The van der Waals surface area contributed by atoms with Crippen molar-refractivity contribution in [3.05, 3.63) is 0 Å². The topological polar surface area (TPSA) is 83.1 Å². The van der Waals surface area contributed by atoms with Gasteiger partial charge >= 0.3 is 19.2 Å². The molecule has 7 nitrogen and oxygen atoms in total. The van der Waals surface area contributed by atoms with Crippen molar-refractivity contribution >= 4 is 19.2 Å². The van der Waals surface area contributed by atoms with Gasteiger partial charge in [0.2, 0.25) is 0 Å². The van der Waals surface area contributed by atoms with Gasteiger partial charge in [0.25, 0.3) is 0 Å². The van der Waals surface area contributed by atoms with Crippen LogP contribution in [-0.2, 0) is 23.6 Å². The summed E-state index contributed by atoms with van der Waals surface area (Å²) in [5, 5.41) is 2.51. The number of nitrogens with one attached hydrogen (secondary N) is 1. The lowest BCUT2D eigenvalue weighted by atomic mass is 9.80. The molecule has 0 radical (unpaired) electrons. The van der Waals surface area contributed by atoms with E-state index in [4.69, 9.17) is 18.8 Å². The molecular formula is C15H28BNO6. The molecule has 1 rings (SSSR count). The smallest absolute Gasteiger partial charge is 0.460 e. The molecule has 0 bridgehead atoms. The maximum atomic E-state index is 11.9. The highest BCUT2D eigenvalue weighted by molar-refractivity contribution is 6.46. The molecule has 1 fully saturated rings. The molecule has 1 N–H and O–H groups in total. The number of ether oxygens (including phenoxy) is 2. The molecule has 0 saturated carbocycles. The highest BCUT2D eigenvalue weighted by Crippen LogP contribution is 2.38. The number of carbonyl (C=O) groups is 2. The molecular weight excluding hydrogens is 301 g/mol. The van der Waals surface area contributed by atoms with Crippen LogP contribution in [0.3, 0.4) is 0 Å². The summed E-state index contributed by atoms with van der Waals surface area (Å²) in [5.41, 5.74) is -1.68. The molecule has 23 heavy (non-hydrogen) atoms. The van der Waals surface area contributed by atoms with Gasteiger partial charge < -0.3 is 24.1 Å². The van der Waals surface area contributed by atoms with Crippen LogP contribution in [0.5, 0.6) is 0 Å². The van der Waals surface area contributed by atoms with Crippen molar-refractivity contribution in [2.24, 2.45) is 0 Å². The molecule has 1 heterocycles. The van der Waals surface area contributed by atoms with E-state index in [2.05, 4.69) is 5.32 Å². The maximum absolute atomic E-state index is 11.9. The fraction of sp³-hybridized carbons (Fsp3) is 0.867. The maximum Gasteiger partial charge on any atom is 0.460 e. The SMILES string of the molecule is COC(=O)C(CB1OC(C)(C)C(C)(C)O1)NC(=O)OC(C)(C)C. The van der Waals surface area contributed by atoms with E-state index in [0.29, 0.717) is 0 Å². The monoisotopic (exact) mass is 329 g/mol. The summed E-state index contributed by atoms with van der Waals surface area (Å²) in [5.74, 6) is -0.578. The Balaban J connectivity index is 2.74. The lowest BCUT2D eigenvalue weighted by Gasteiger charge is -2.32. The van der Waals surface area contributed by atoms with E-state index in [1.807, 2.05) is 27.7 Å². The van der Waals surface area contributed by atoms with Crippen molar-refractivity contribution in [2.75, 3.05) is 7.11 Å². The van der Waals surface area contributed by atoms with E-state index < -0.39 is 42.0 Å². The van der Waals surface area contributed by atoms with Crippen LogP contribution in [0.4, 0.5) is 4.79 Å². The zero-order chi connectivity index (χ0) is 18.1. The average Bonchev–Trinajstić information content (AvgIpc) is 2.53. The summed E-state index contributed by atoms with van der Waals surface area (Å²) in [6.07, 6.45) is -0.553. The molecule has 1 atom stereocenters. The van der Waals surface area contributed by atoms with Gasteiger partial charge in [-0.2, -0.15) is 0 Å². The van der Waals surface area contributed by atoms with Gasteiger partial charge in [-0.3, -0.25) is 0 Å². The van der Waals surface area contributed by atoms with Gasteiger partial charge in [-0.1, -0.05) is 0 Å². The Morgan fingerprint density at radius 1 is 1.13 bits per heavy atom. The third-order valence-corrected chi connectivity index (χ3v) is 3.91. The Morgan fingerprint density at radius 2 is 1.61 bits per heavy atom. The molecule has 0 aliphatic carbocycles. The van der Waals surface area contributed by atoms with Crippen molar-refractivity contribution in [1.29, 1.82) is 0 Å². The van der Waals surface area contributed by atoms with E-state index >= 15 is 0 Å². The normalized spacial score (nSPS) is 20.8. The first-order valence-corrected chi connectivity index (χ1v) is 7.70. The van der Waals surface area contributed by atoms with E-state index in [0.717, 1.165) is 0 Å². The molecule has 1 aliphatic heterocycles. The first-order chi connectivity index (χ1) is 10.3. The molecule has 1 unspecified atom stereocenters. The molecule has 0 aromatic carbocycles. The summed E-state index contributed by atoms with van der Waals surface area (Å²) in [6, 6.07) is -0.912. The lowest BCUT2D eigenvalue weighted by Crippen LogP contribution is -2.46. The number of carbonyl (C=O) groups excluding carboxylic acids is 2. The number of methoxy groups -OCH3 is 1. The summed E-state index contributed by atoms with van der Waals surface area (Å²) >= 11 is 0. The first kappa shape index (κ1) is 19.8. The fourth-order valence-electron chi connectivity index (χ4n) is 2.06. The molecule has 0 spiro atoms. The summed E-state index contributed by atoms with van der Waals surface area (Å²) in [6.45, 7) is 12.9. The van der Waals surface area contributed by atoms with Gasteiger partial charge in [0, 0.05) is 6.32 Å². The Kier molecular flexibility index (Phi) is 5.75. The van der Waals surface area contributed by atoms with Gasteiger partial charge in [-0.05, 0) is 48.5 Å². The fourth-order valence-corrected chi connectivity index (χ4v) is 2.06. The highest BCUT2D eigenvalue weighted by atomic mass is 16.7. The van der Waals surface area contributed by atoms with Crippen molar-refractivity contribution in [3.8, 4) is 0 Å². The third-order valence-electron chi connectivity index (χ3n) is 3.91. The van der Waals surface area contributed by atoms with Crippen LogP contribution >= 0.6 is 0 Å². The van der Waals surface area contributed by atoms with Gasteiger partial charge in [-0.25, -0.2) is 9.59 Å². The van der Waals surface area contributed by atoms with E-state index in [9.17, 15) is 9.59 Å². The summed E-state index contributed by atoms with van der Waals surface area (Å²) in [4.78, 5) is 23.8. The predicted octanol–water partition coefficient (Wildman–Crippen LogP) is 2.14. The standard InChI is InChI=1S/C15H28BNO6/c1-13(2,3)21-12(19)17-10(11(18)20-8)9-16-22-14(4,5)15(6,7)23-16/h10H,9H2,1-8H3,(H,17,19). The molecule has 0 aromatic heterocycles. The number of hydrogen-bond acceptors (Lipinski definition) is 6. The van der Waals surface area contributed by atoms with Gasteiger partial charge in [0.15, 0.2) is 0 Å².